The molecular formula is C14H8F3N3O2. The molecule has 0 aliphatic heterocycles. The zero-order valence-electron chi connectivity index (χ0n) is 10.9. The molecule has 112 valence electrons. The van der Waals surface area contributed by atoms with E-state index in [0.717, 1.165) is 16.7 Å². The lowest BCUT2D eigenvalue weighted by Gasteiger charge is -2.10. The van der Waals surface area contributed by atoms with E-state index in [-0.39, 0.29) is 16.9 Å². The van der Waals surface area contributed by atoms with Crippen molar-refractivity contribution >= 4 is 11.8 Å². The van der Waals surface area contributed by atoms with Crippen LogP contribution in [-0.4, -0.2) is 20.5 Å². The number of rotatable bonds is 2. The second-order valence-corrected chi connectivity index (χ2v) is 4.52. The number of hydrogen-bond acceptors (Lipinski definition) is 3. The van der Waals surface area contributed by atoms with Gasteiger partial charge in [0.25, 0.3) is 5.56 Å². The second kappa shape index (κ2) is 4.83. The van der Waals surface area contributed by atoms with Gasteiger partial charge >= 0.3 is 6.18 Å². The number of nitrogens with zero attached hydrogens (tertiary/aromatic N) is 3. The molecular weight excluding hydrogens is 299 g/mol. The minimum atomic E-state index is -4.45. The Morgan fingerprint density at radius 3 is 2.36 bits per heavy atom. The molecule has 0 radical (unpaired) electrons. The van der Waals surface area contributed by atoms with Crippen LogP contribution >= 0.6 is 0 Å². The van der Waals surface area contributed by atoms with Gasteiger partial charge in [-0.15, -0.1) is 0 Å². The Hall–Kier alpha value is -2.90. The van der Waals surface area contributed by atoms with Gasteiger partial charge in [-0.2, -0.15) is 18.3 Å². The summed E-state index contributed by atoms with van der Waals surface area (Å²) in [7, 11) is 0. The lowest BCUT2D eigenvalue weighted by molar-refractivity contribution is -0.137. The molecule has 0 aliphatic rings. The first-order valence-electron chi connectivity index (χ1n) is 6.14. The highest BCUT2D eigenvalue weighted by molar-refractivity contribution is 5.73. The zero-order valence-corrected chi connectivity index (χ0v) is 10.9. The largest absolute Gasteiger partial charge is 0.416 e. The molecule has 8 heteroatoms. The number of aromatic nitrogens is 3. The topological polar surface area (TPSA) is 56.4 Å². The number of benzene rings is 1. The Morgan fingerprint density at radius 2 is 1.77 bits per heavy atom. The SMILES string of the molecule is O=Cc1cn(-c2ccc(C(F)(F)F)cc2)c(=O)c2ccnn12. The molecule has 2 aromatic heterocycles. The summed E-state index contributed by atoms with van der Waals surface area (Å²) in [5, 5.41) is 3.85. The van der Waals surface area contributed by atoms with Crippen molar-refractivity contribution in [2.24, 2.45) is 0 Å². The van der Waals surface area contributed by atoms with E-state index in [1.165, 1.54) is 35.1 Å². The van der Waals surface area contributed by atoms with Gasteiger partial charge in [0.05, 0.1) is 11.8 Å². The molecule has 2 heterocycles. The van der Waals surface area contributed by atoms with Crippen molar-refractivity contribution in [1.29, 1.82) is 0 Å². The first kappa shape index (κ1) is 14.1. The highest BCUT2D eigenvalue weighted by atomic mass is 19.4. The van der Waals surface area contributed by atoms with Crippen LogP contribution < -0.4 is 5.56 Å². The van der Waals surface area contributed by atoms with Crippen LogP contribution in [-0.2, 0) is 6.18 Å². The van der Waals surface area contributed by atoms with Crippen LogP contribution in [0.5, 0.6) is 0 Å². The van der Waals surface area contributed by atoms with Crippen LogP contribution in [0.1, 0.15) is 16.1 Å². The smallest absolute Gasteiger partial charge is 0.296 e. The molecule has 0 spiro atoms. The van der Waals surface area contributed by atoms with Crippen molar-refractivity contribution in [3.8, 4) is 5.69 Å². The number of halogens is 3. The van der Waals surface area contributed by atoms with Gasteiger partial charge in [0.2, 0.25) is 0 Å². The number of alkyl halides is 3. The van der Waals surface area contributed by atoms with E-state index in [4.69, 9.17) is 0 Å². The minimum absolute atomic E-state index is 0.111. The highest BCUT2D eigenvalue weighted by Crippen LogP contribution is 2.29. The third kappa shape index (κ3) is 2.18. The van der Waals surface area contributed by atoms with E-state index in [1.807, 2.05) is 0 Å². The van der Waals surface area contributed by atoms with Crippen LogP contribution in [0.3, 0.4) is 0 Å². The maximum atomic E-state index is 12.6. The zero-order chi connectivity index (χ0) is 15.9. The molecule has 3 rings (SSSR count). The van der Waals surface area contributed by atoms with Crippen molar-refractivity contribution in [3.63, 3.8) is 0 Å². The van der Waals surface area contributed by atoms with Crippen molar-refractivity contribution in [1.82, 2.24) is 14.2 Å². The van der Waals surface area contributed by atoms with Crippen LogP contribution in [0.2, 0.25) is 0 Å². The van der Waals surface area contributed by atoms with Gasteiger partial charge in [0, 0.05) is 11.9 Å². The van der Waals surface area contributed by atoms with Crippen LogP contribution in [0, 0.1) is 0 Å². The van der Waals surface area contributed by atoms with Crippen LogP contribution in [0.25, 0.3) is 11.2 Å². The van der Waals surface area contributed by atoms with Gasteiger partial charge in [0.15, 0.2) is 6.29 Å². The molecule has 0 N–H and O–H groups in total. The van der Waals surface area contributed by atoms with E-state index in [0.29, 0.717) is 6.29 Å². The third-order valence-corrected chi connectivity index (χ3v) is 3.18. The molecule has 0 atom stereocenters. The fourth-order valence-electron chi connectivity index (χ4n) is 2.12. The summed E-state index contributed by atoms with van der Waals surface area (Å²) in [5.74, 6) is 0. The van der Waals surface area contributed by atoms with Gasteiger partial charge in [-0.25, -0.2) is 4.52 Å². The number of carbonyl (C=O) groups excluding carboxylic acids is 1. The fourth-order valence-corrected chi connectivity index (χ4v) is 2.12. The Balaban J connectivity index is 2.20. The molecule has 0 saturated carbocycles. The molecule has 0 aliphatic carbocycles. The molecule has 0 bridgehead atoms. The fraction of sp³-hybridized carbons (Fsp3) is 0.0714. The molecule has 0 fully saturated rings. The average Bonchev–Trinajstić information content (AvgIpc) is 2.97. The highest BCUT2D eigenvalue weighted by Gasteiger charge is 2.30. The number of hydrogen-bond donors (Lipinski definition) is 0. The Morgan fingerprint density at radius 1 is 1.09 bits per heavy atom. The average molecular weight is 307 g/mol. The van der Waals surface area contributed by atoms with Crippen LogP contribution in [0.4, 0.5) is 13.2 Å². The van der Waals surface area contributed by atoms with Crippen molar-refractivity contribution in [2.45, 2.75) is 6.18 Å². The summed E-state index contributed by atoms with van der Waals surface area (Å²) in [5.41, 5.74) is -0.804. The maximum absolute atomic E-state index is 12.6. The van der Waals surface area contributed by atoms with Gasteiger partial charge in [0.1, 0.15) is 11.2 Å². The predicted octanol–water partition coefficient (Wildman–Crippen LogP) is 2.32. The van der Waals surface area contributed by atoms with Crippen molar-refractivity contribution in [2.75, 3.05) is 0 Å². The van der Waals surface area contributed by atoms with E-state index < -0.39 is 17.3 Å². The van der Waals surface area contributed by atoms with Crippen molar-refractivity contribution < 1.29 is 18.0 Å². The molecule has 5 nitrogen and oxygen atoms in total. The Labute approximate surface area is 121 Å². The normalized spacial score (nSPS) is 11.8. The summed E-state index contributed by atoms with van der Waals surface area (Å²) >= 11 is 0. The quantitative estimate of drug-likeness (QED) is 0.683. The van der Waals surface area contributed by atoms with Gasteiger partial charge < -0.3 is 0 Å². The first-order valence-corrected chi connectivity index (χ1v) is 6.14. The molecule has 22 heavy (non-hydrogen) atoms. The van der Waals surface area contributed by atoms with Gasteiger partial charge in [-0.1, -0.05) is 0 Å². The monoisotopic (exact) mass is 307 g/mol. The first-order chi connectivity index (χ1) is 10.4. The number of aldehydes is 1. The van der Waals surface area contributed by atoms with Gasteiger partial charge in [-0.05, 0) is 30.3 Å². The van der Waals surface area contributed by atoms with Gasteiger partial charge in [-0.3, -0.25) is 14.2 Å². The maximum Gasteiger partial charge on any atom is 0.416 e. The molecule has 0 amide bonds. The molecule has 0 saturated heterocycles. The lowest BCUT2D eigenvalue weighted by atomic mass is 10.2. The van der Waals surface area contributed by atoms with Crippen molar-refractivity contribution in [3.05, 3.63) is 64.3 Å². The van der Waals surface area contributed by atoms with Crippen LogP contribution in [0.15, 0.2) is 47.5 Å². The number of carbonyl (C=O) groups is 1. The van der Waals surface area contributed by atoms with E-state index in [2.05, 4.69) is 5.10 Å². The third-order valence-electron chi connectivity index (χ3n) is 3.18. The minimum Gasteiger partial charge on any atom is -0.296 e. The summed E-state index contributed by atoms with van der Waals surface area (Å²) in [6.45, 7) is 0. The van der Waals surface area contributed by atoms with E-state index in [9.17, 15) is 22.8 Å². The molecule has 3 aromatic rings. The Kier molecular flexibility index (Phi) is 3.09. The summed E-state index contributed by atoms with van der Waals surface area (Å²) in [6.07, 6.45) is -1.34. The summed E-state index contributed by atoms with van der Waals surface area (Å²) < 4.78 is 40.0. The Bertz CT molecular complexity index is 908. The predicted molar refractivity (Wildman–Crippen MR) is 71.2 cm³/mol. The molecule has 1 aromatic carbocycles. The lowest BCUT2D eigenvalue weighted by Crippen LogP contribution is -2.22. The summed E-state index contributed by atoms with van der Waals surface area (Å²) in [6, 6.07) is 5.53. The van der Waals surface area contributed by atoms with E-state index >= 15 is 0 Å². The number of fused-ring (bicyclic) bond motifs is 1. The van der Waals surface area contributed by atoms with E-state index in [1.54, 1.807) is 0 Å². The second-order valence-electron chi connectivity index (χ2n) is 4.52. The molecule has 0 unspecified atom stereocenters. The standard InChI is InChI=1S/C14H8F3N3O2/c15-14(16,17)9-1-3-10(4-2-9)19-7-11(8-21)20-12(13(19)22)5-6-18-20/h1-8H. The summed E-state index contributed by atoms with van der Waals surface area (Å²) in [4.78, 5) is 23.4.